The molecule has 2 aromatic carbocycles. The summed E-state index contributed by atoms with van der Waals surface area (Å²) in [4.78, 5) is 0. The van der Waals surface area contributed by atoms with Gasteiger partial charge in [-0.05, 0) is 29.9 Å². The molecule has 0 aliphatic heterocycles. The Morgan fingerprint density at radius 3 is 2.05 bits per heavy atom. The Bertz CT molecular complexity index is 524. The van der Waals surface area contributed by atoms with Crippen molar-refractivity contribution >= 4 is 0 Å². The van der Waals surface area contributed by atoms with Gasteiger partial charge in [-0.2, -0.15) is 0 Å². The Hall–Kier alpha value is -1.64. The van der Waals surface area contributed by atoms with E-state index in [4.69, 9.17) is 0 Å². The summed E-state index contributed by atoms with van der Waals surface area (Å²) in [6, 6.07) is 21.0. The zero-order valence-electron chi connectivity index (χ0n) is 13.6. The van der Waals surface area contributed by atoms with E-state index in [2.05, 4.69) is 67.7 Å². The molecule has 2 rings (SSSR count). The molecule has 2 nitrogen and oxygen atoms in total. The second-order valence-electron chi connectivity index (χ2n) is 6.35. The fourth-order valence-electron chi connectivity index (χ4n) is 2.77. The highest BCUT2D eigenvalue weighted by atomic mass is 16.3. The lowest BCUT2D eigenvalue weighted by Crippen LogP contribution is -2.26. The second kappa shape index (κ2) is 8.72. The van der Waals surface area contributed by atoms with Crippen LogP contribution in [0.3, 0.4) is 0 Å². The van der Waals surface area contributed by atoms with Crippen LogP contribution in [0.15, 0.2) is 60.7 Å². The van der Waals surface area contributed by atoms with Crippen molar-refractivity contribution in [1.29, 1.82) is 0 Å². The fraction of sp³-hybridized carbons (Fsp3) is 0.400. The summed E-state index contributed by atoms with van der Waals surface area (Å²) in [6.07, 6.45) is 1.32. The van der Waals surface area contributed by atoms with E-state index in [1.54, 1.807) is 0 Å². The molecule has 0 saturated heterocycles. The average molecular weight is 297 g/mol. The van der Waals surface area contributed by atoms with Gasteiger partial charge in [0.1, 0.15) is 0 Å². The van der Waals surface area contributed by atoms with Gasteiger partial charge in [0, 0.05) is 12.6 Å². The van der Waals surface area contributed by atoms with E-state index in [1.165, 1.54) is 11.1 Å². The number of benzene rings is 2. The minimum Gasteiger partial charge on any atom is -0.393 e. The molecule has 2 aromatic rings. The van der Waals surface area contributed by atoms with Crippen molar-refractivity contribution in [3.63, 3.8) is 0 Å². The van der Waals surface area contributed by atoms with Crippen LogP contribution in [0.25, 0.3) is 0 Å². The highest BCUT2D eigenvalue weighted by Crippen LogP contribution is 2.22. The van der Waals surface area contributed by atoms with E-state index in [1.807, 2.05) is 12.1 Å². The first-order chi connectivity index (χ1) is 10.6. The van der Waals surface area contributed by atoms with Crippen LogP contribution in [0.2, 0.25) is 0 Å². The highest BCUT2D eigenvalue weighted by Gasteiger charge is 2.17. The van der Waals surface area contributed by atoms with Crippen molar-refractivity contribution in [3.05, 3.63) is 71.8 Å². The maximum atomic E-state index is 10.3. The highest BCUT2D eigenvalue weighted by molar-refractivity contribution is 5.20. The number of aliphatic hydroxyl groups excluding tert-OH is 1. The van der Waals surface area contributed by atoms with E-state index in [0.29, 0.717) is 5.92 Å². The maximum absolute atomic E-state index is 10.3. The topological polar surface area (TPSA) is 32.3 Å². The maximum Gasteiger partial charge on any atom is 0.0560 e. The van der Waals surface area contributed by atoms with Crippen LogP contribution < -0.4 is 5.32 Å². The number of rotatable bonds is 8. The van der Waals surface area contributed by atoms with Gasteiger partial charge in [0.25, 0.3) is 0 Å². The summed E-state index contributed by atoms with van der Waals surface area (Å²) < 4.78 is 0. The Labute approximate surface area is 134 Å². The van der Waals surface area contributed by atoms with E-state index in [9.17, 15) is 5.11 Å². The Morgan fingerprint density at radius 1 is 0.864 bits per heavy atom. The van der Waals surface area contributed by atoms with Crippen molar-refractivity contribution in [2.75, 3.05) is 0 Å². The van der Waals surface area contributed by atoms with Gasteiger partial charge in [-0.1, -0.05) is 74.5 Å². The third kappa shape index (κ3) is 5.63. The average Bonchev–Trinajstić information content (AvgIpc) is 2.52. The molecule has 0 fully saturated rings. The van der Waals surface area contributed by atoms with Crippen LogP contribution in [0, 0.1) is 5.92 Å². The predicted molar refractivity (Wildman–Crippen MR) is 92.5 cm³/mol. The first-order valence-corrected chi connectivity index (χ1v) is 8.15. The van der Waals surface area contributed by atoms with Gasteiger partial charge < -0.3 is 10.4 Å². The molecule has 118 valence electrons. The van der Waals surface area contributed by atoms with Gasteiger partial charge in [-0.25, -0.2) is 0 Å². The largest absolute Gasteiger partial charge is 0.393 e. The van der Waals surface area contributed by atoms with Crippen LogP contribution in [0.4, 0.5) is 0 Å². The molecular formula is C20H27NO. The lowest BCUT2D eigenvalue weighted by Gasteiger charge is -2.23. The molecule has 0 bridgehead atoms. The third-order valence-corrected chi connectivity index (χ3v) is 3.85. The van der Waals surface area contributed by atoms with Crippen molar-refractivity contribution in [3.8, 4) is 0 Å². The molecule has 2 heteroatoms. The molecule has 0 saturated carbocycles. The Balaban J connectivity index is 2.01. The van der Waals surface area contributed by atoms with E-state index >= 15 is 0 Å². The third-order valence-electron chi connectivity index (χ3n) is 3.85. The molecule has 22 heavy (non-hydrogen) atoms. The van der Waals surface area contributed by atoms with Gasteiger partial charge in [0.05, 0.1) is 6.10 Å². The quantitative estimate of drug-likeness (QED) is 0.761. The van der Waals surface area contributed by atoms with Crippen LogP contribution in [0.5, 0.6) is 0 Å². The van der Waals surface area contributed by atoms with E-state index < -0.39 is 0 Å². The monoisotopic (exact) mass is 297 g/mol. The van der Waals surface area contributed by atoms with Crippen LogP contribution in [-0.4, -0.2) is 11.2 Å². The van der Waals surface area contributed by atoms with Gasteiger partial charge in [-0.3, -0.25) is 0 Å². The lowest BCUT2D eigenvalue weighted by atomic mass is 9.95. The standard InChI is InChI=1S/C20H27NO/c1-16(2)13-19(22)14-20(18-11-7-4-8-12-18)21-15-17-9-5-3-6-10-17/h3-12,16,19-22H,13-15H2,1-2H3/t19-,20-/m1/s1. The number of hydrogen-bond acceptors (Lipinski definition) is 2. The van der Waals surface area contributed by atoms with Crippen LogP contribution >= 0.6 is 0 Å². The van der Waals surface area contributed by atoms with Crippen molar-refractivity contribution in [2.24, 2.45) is 5.92 Å². The molecule has 2 atom stereocenters. The van der Waals surface area contributed by atoms with Gasteiger partial charge >= 0.3 is 0 Å². The first kappa shape index (κ1) is 16.7. The SMILES string of the molecule is CC(C)C[C@@H](O)C[C@@H](NCc1ccccc1)c1ccccc1. The van der Waals surface area contributed by atoms with Gasteiger partial charge in [-0.15, -0.1) is 0 Å². The number of nitrogens with one attached hydrogen (secondary N) is 1. The second-order valence-corrected chi connectivity index (χ2v) is 6.35. The molecule has 2 N–H and O–H groups in total. The summed E-state index contributed by atoms with van der Waals surface area (Å²) in [5.74, 6) is 0.514. The summed E-state index contributed by atoms with van der Waals surface area (Å²) in [6.45, 7) is 5.12. The molecule has 0 radical (unpaired) electrons. The Kier molecular flexibility index (Phi) is 6.63. The molecule has 0 aliphatic carbocycles. The smallest absolute Gasteiger partial charge is 0.0560 e. The summed E-state index contributed by atoms with van der Waals surface area (Å²) >= 11 is 0. The predicted octanol–water partition coefficient (Wildman–Crippen LogP) is 4.31. The van der Waals surface area contributed by atoms with E-state index in [0.717, 1.165) is 19.4 Å². The van der Waals surface area contributed by atoms with Gasteiger partial charge in [0.2, 0.25) is 0 Å². The fourth-order valence-corrected chi connectivity index (χ4v) is 2.77. The molecule has 0 spiro atoms. The zero-order chi connectivity index (χ0) is 15.8. The van der Waals surface area contributed by atoms with Crippen molar-refractivity contribution in [2.45, 2.75) is 45.4 Å². The Morgan fingerprint density at radius 2 is 1.45 bits per heavy atom. The molecule has 0 aliphatic rings. The summed E-state index contributed by atoms with van der Waals surface area (Å²) in [7, 11) is 0. The molecule has 0 amide bonds. The van der Waals surface area contributed by atoms with Crippen molar-refractivity contribution < 1.29 is 5.11 Å². The normalized spacial score (nSPS) is 14.0. The first-order valence-electron chi connectivity index (χ1n) is 8.15. The van der Waals surface area contributed by atoms with Crippen molar-refractivity contribution in [1.82, 2.24) is 5.32 Å². The van der Waals surface area contributed by atoms with Crippen LogP contribution in [0.1, 0.15) is 43.9 Å². The minimum atomic E-state index is -0.270. The lowest BCUT2D eigenvalue weighted by molar-refractivity contribution is 0.125. The molecule has 0 heterocycles. The van der Waals surface area contributed by atoms with E-state index in [-0.39, 0.29) is 12.1 Å². The number of hydrogen-bond donors (Lipinski definition) is 2. The molecular weight excluding hydrogens is 270 g/mol. The molecule has 0 aromatic heterocycles. The minimum absolute atomic E-state index is 0.176. The summed E-state index contributed by atoms with van der Waals surface area (Å²) in [5.41, 5.74) is 2.50. The van der Waals surface area contributed by atoms with Gasteiger partial charge in [0.15, 0.2) is 0 Å². The number of aliphatic hydroxyl groups is 1. The zero-order valence-corrected chi connectivity index (χ0v) is 13.6. The summed E-state index contributed by atoms with van der Waals surface area (Å²) in [5, 5.41) is 13.9. The van der Waals surface area contributed by atoms with Crippen LogP contribution in [-0.2, 0) is 6.54 Å². The molecule has 0 unspecified atom stereocenters.